The van der Waals surface area contributed by atoms with E-state index in [2.05, 4.69) is 20.0 Å². The lowest BCUT2D eigenvalue weighted by Gasteiger charge is -2.14. The standard InChI is InChI=1S/C11H18N4O2S/c1-2-10-13-8-11(15-10)18(16,17)14-7-9-3-5-12-6-4-9/h3,8,12,14H,2,4-7H2,1H3,(H,13,15). The highest BCUT2D eigenvalue weighted by atomic mass is 32.2. The summed E-state index contributed by atoms with van der Waals surface area (Å²) in [6.45, 7) is 3.99. The molecule has 1 aromatic rings. The van der Waals surface area contributed by atoms with Crippen molar-refractivity contribution in [3.8, 4) is 0 Å². The van der Waals surface area contributed by atoms with Gasteiger partial charge in [0.05, 0.1) is 6.20 Å². The molecule has 2 rings (SSSR count). The summed E-state index contributed by atoms with van der Waals surface area (Å²) in [5, 5.41) is 3.32. The Morgan fingerprint density at radius 1 is 1.50 bits per heavy atom. The van der Waals surface area contributed by atoms with Gasteiger partial charge < -0.3 is 10.3 Å². The van der Waals surface area contributed by atoms with Gasteiger partial charge in [-0.15, -0.1) is 0 Å². The van der Waals surface area contributed by atoms with E-state index in [-0.39, 0.29) is 5.03 Å². The van der Waals surface area contributed by atoms with Crippen LogP contribution in [0.15, 0.2) is 22.9 Å². The van der Waals surface area contributed by atoms with Crippen LogP contribution in [0.1, 0.15) is 19.2 Å². The molecule has 1 aliphatic rings. The molecule has 3 N–H and O–H groups in total. The molecule has 0 bridgehead atoms. The fourth-order valence-corrected chi connectivity index (χ4v) is 2.73. The fourth-order valence-electron chi connectivity index (χ4n) is 1.76. The van der Waals surface area contributed by atoms with Crippen LogP contribution in [0.5, 0.6) is 0 Å². The van der Waals surface area contributed by atoms with Crippen molar-refractivity contribution in [1.82, 2.24) is 20.0 Å². The van der Waals surface area contributed by atoms with Gasteiger partial charge in [-0.3, -0.25) is 0 Å². The van der Waals surface area contributed by atoms with E-state index in [1.165, 1.54) is 6.20 Å². The zero-order valence-corrected chi connectivity index (χ0v) is 11.2. The number of aromatic nitrogens is 2. The van der Waals surface area contributed by atoms with Crippen molar-refractivity contribution in [3.05, 3.63) is 23.7 Å². The van der Waals surface area contributed by atoms with Gasteiger partial charge in [0.25, 0.3) is 10.0 Å². The Labute approximate surface area is 107 Å². The first kappa shape index (κ1) is 13.3. The highest BCUT2D eigenvalue weighted by Gasteiger charge is 2.17. The van der Waals surface area contributed by atoms with E-state index in [4.69, 9.17) is 0 Å². The molecule has 0 radical (unpaired) electrons. The Morgan fingerprint density at radius 2 is 2.33 bits per heavy atom. The molecule has 1 aliphatic heterocycles. The number of aromatic amines is 1. The first-order valence-corrected chi connectivity index (χ1v) is 7.52. The van der Waals surface area contributed by atoms with Crippen LogP contribution >= 0.6 is 0 Å². The number of aryl methyl sites for hydroxylation is 1. The normalized spacial score (nSPS) is 16.6. The first-order chi connectivity index (χ1) is 8.62. The van der Waals surface area contributed by atoms with Crippen LogP contribution in [0.2, 0.25) is 0 Å². The van der Waals surface area contributed by atoms with Crippen LogP contribution in [-0.2, 0) is 16.4 Å². The zero-order valence-electron chi connectivity index (χ0n) is 10.4. The number of sulfonamides is 1. The number of H-pyrrole nitrogens is 1. The third kappa shape index (κ3) is 3.18. The van der Waals surface area contributed by atoms with Gasteiger partial charge in [-0.05, 0) is 13.0 Å². The molecule has 0 unspecified atom stereocenters. The third-order valence-electron chi connectivity index (χ3n) is 2.88. The topological polar surface area (TPSA) is 86.9 Å². The van der Waals surface area contributed by atoms with Gasteiger partial charge in [-0.2, -0.15) is 0 Å². The van der Waals surface area contributed by atoms with Gasteiger partial charge in [0, 0.05) is 19.5 Å². The second-order valence-electron chi connectivity index (χ2n) is 4.19. The number of nitrogens with one attached hydrogen (secondary N) is 3. The second kappa shape index (κ2) is 5.64. The number of nitrogens with zero attached hydrogens (tertiary/aromatic N) is 1. The summed E-state index contributed by atoms with van der Waals surface area (Å²) in [7, 11) is -3.48. The van der Waals surface area contributed by atoms with E-state index < -0.39 is 10.0 Å². The van der Waals surface area contributed by atoms with E-state index in [1.54, 1.807) is 0 Å². The molecule has 0 amide bonds. The summed E-state index contributed by atoms with van der Waals surface area (Å²) in [5.74, 6) is 0.677. The van der Waals surface area contributed by atoms with Crippen LogP contribution in [0.3, 0.4) is 0 Å². The highest BCUT2D eigenvalue weighted by molar-refractivity contribution is 7.89. The summed E-state index contributed by atoms with van der Waals surface area (Å²) in [6, 6.07) is 0. The summed E-state index contributed by atoms with van der Waals surface area (Å²) in [5.41, 5.74) is 1.12. The fraction of sp³-hybridized carbons (Fsp3) is 0.545. The van der Waals surface area contributed by atoms with Crippen molar-refractivity contribution in [2.45, 2.75) is 24.8 Å². The van der Waals surface area contributed by atoms with Gasteiger partial charge in [0.1, 0.15) is 5.82 Å². The average Bonchev–Trinajstić information content (AvgIpc) is 2.87. The summed E-state index contributed by atoms with van der Waals surface area (Å²) >= 11 is 0. The Bertz CT molecular complexity index is 533. The molecule has 0 saturated heterocycles. The largest absolute Gasteiger partial charge is 0.332 e. The number of hydrogen-bond acceptors (Lipinski definition) is 4. The van der Waals surface area contributed by atoms with Crippen LogP contribution in [-0.4, -0.2) is 38.0 Å². The smallest absolute Gasteiger partial charge is 0.257 e. The highest BCUT2D eigenvalue weighted by Crippen LogP contribution is 2.08. The summed E-state index contributed by atoms with van der Waals surface area (Å²) < 4.78 is 26.5. The van der Waals surface area contributed by atoms with Crippen molar-refractivity contribution in [3.63, 3.8) is 0 Å². The van der Waals surface area contributed by atoms with E-state index in [9.17, 15) is 8.42 Å². The van der Waals surface area contributed by atoms with Crippen molar-refractivity contribution < 1.29 is 8.42 Å². The molecule has 6 nitrogen and oxygen atoms in total. The predicted molar refractivity (Wildman–Crippen MR) is 68.7 cm³/mol. The quantitative estimate of drug-likeness (QED) is 0.666. The maximum absolute atomic E-state index is 12.0. The Morgan fingerprint density at radius 3 is 2.94 bits per heavy atom. The van der Waals surface area contributed by atoms with Gasteiger partial charge in [0.2, 0.25) is 0 Å². The van der Waals surface area contributed by atoms with E-state index in [0.717, 1.165) is 25.1 Å². The minimum absolute atomic E-state index is 0.133. The van der Waals surface area contributed by atoms with Crippen molar-refractivity contribution in [2.24, 2.45) is 0 Å². The van der Waals surface area contributed by atoms with Crippen molar-refractivity contribution >= 4 is 10.0 Å². The van der Waals surface area contributed by atoms with Crippen LogP contribution in [0, 0.1) is 0 Å². The lowest BCUT2D eigenvalue weighted by atomic mass is 10.1. The number of imidazole rings is 1. The van der Waals surface area contributed by atoms with E-state index >= 15 is 0 Å². The molecular formula is C11H18N4O2S. The minimum Gasteiger partial charge on any atom is -0.332 e. The predicted octanol–water partition coefficient (Wildman–Crippen LogP) is 0.170. The second-order valence-corrected chi connectivity index (χ2v) is 5.92. The lowest BCUT2D eigenvalue weighted by molar-refractivity contribution is 0.579. The van der Waals surface area contributed by atoms with E-state index in [1.807, 2.05) is 13.0 Å². The molecule has 0 atom stereocenters. The van der Waals surface area contributed by atoms with Gasteiger partial charge in [-0.1, -0.05) is 18.6 Å². The Hall–Kier alpha value is -1.18. The zero-order chi connectivity index (χ0) is 13.0. The molecule has 0 fully saturated rings. The third-order valence-corrected chi connectivity index (χ3v) is 4.19. The molecular weight excluding hydrogens is 252 g/mol. The minimum atomic E-state index is -3.48. The molecule has 0 aliphatic carbocycles. The van der Waals surface area contributed by atoms with Crippen molar-refractivity contribution in [2.75, 3.05) is 19.6 Å². The van der Waals surface area contributed by atoms with Crippen LogP contribution in [0.4, 0.5) is 0 Å². The Kier molecular flexibility index (Phi) is 4.15. The van der Waals surface area contributed by atoms with Gasteiger partial charge in [-0.25, -0.2) is 18.1 Å². The molecule has 18 heavy (non-hydrogen) atoms. The monoisotopic (exact) mass is 270 g/mol. The first-order valence-electron chi connectivity index (χ1n) is 6.04. The molecule has 0 saturated carbocycles. The Balaban J connectivity index is 2.00. The SMILES string of the molecule is CCc1ncc(S(=O)(=O)NCC2=CCNCC2)[nH]1. The maximum atomic E-state index is 12.0. The lowest BCUT2D eigenvalue weighted by Crippen LogP contribution is -2.29. The van der Waals surface area contributed by atoms with Gasteiger partial charge in [0.15, 0.2) is 5.03 Å². The molecule has 7 heteroatoms. The van der Waals surface area contributed by atoms with E-state index in [0.29, 0.717) is 18.8 Å². The number of rotatable bonds is 5. The summed E-state index contributed by atoms with van der Waals surface area (Å²) in [6.07, 6.45) is 4.95. The molecule has 1 aromatic heterocycles. The van der Waals surface area contributed by atoms with Gasteiger partial charge >= 0.3 is 0 Å². The molecule has 0 spiro atoms. The van der Waals surface area contributed by atoms with Crippen molar-refractivity contribution in [1.29, 1.82) is 0 Å². The maximum Gasteiger partial charge on any atom is 0.257 e. The molecule has 0 aromatic carbocycles. The summed E-state index contributed by atoms with van der Waals surface area (Å²) in [4.78, 5) is 6.79. The average molecular weight is 270 g/mol. The molecule has 100 valence electrons. The van der Waals surface area contributed by atoms with Crippen LogP contribution in [0.25, 0.3) is 0 Å². The van der Waals surface area contributed by atoms with Crippen LogP contribution < -0.4 is 10.0 Å². The number of hydrogen-bond donors (Lipinski definition) is 3. The molecule has 2 heterocycles.